The number of hydrogen-bond acceptors (Lipinski definition) is 7. The van der Waals surface area contributed by atoms with Gasteiger partial charge >= 0.3 is 0 Å². The van der Waals surface area contributed by atoms with Crippen molar-refractivity contribution in [3.05, 3.63) is 59.1 Å². The maximum Gasteiger partial charge on any atom is 0.220 e. The van der Waals surface area contributed by atoms with Crippen molar-refractivity contribution < 1.29 is 9.47 Å². The molecule has 8 heteroatoms. The van der Waals surface area contributed by atoms with Crippen LogP contribution in [0.3, 0.4) is 0 Å². The molecule has 2 aromatic rings. The van der Waals surface area contributed by atoms with Crippen molar-refractivity contribution in [1.82, 2.24) is 4.90 Å². The minimum absolute atomic E-state index is 0.169. The van der Waals surface area contributed by atoms with Crippen molar-refractivity contribution in [3.63, 3.8) is 0 Å². The largest absolute Gasteiger partial charge is 0.497 e. The fraction of sp³-hybridized carbons (Fsp3) is 0.263. The number of halogens is 1. The standard InChI is InChI=1S/C19H22ClN5O2/c1-26-15-7-3-13(4-8-15)17-23-18(21)24-19(22)25(17)11-2-12-27-16-9-5-14(20)6-10-16/h3-10,17H,2,11-12H2,1H3,(H4,21,22,23,24). The fourth-order valence-corrected chi connectivity index (χ4v) is 2.88. The zero-order valence-corrected chi connectivity index (χ0v) is 15.8. The zero-order valence-electron chi connectivity index (χ0n) is 15.0. The second-order valence-electron chi connectivity index (χ2n) is 5.95. The predicted molar refractivity (Wildman–Crippen MR) is 107 cm³/mol. The third-order valence-electron chi connectivity index (χ3n) is 4.11. The van der Waals surface area contributed by atoms with E-state index in [4.69, 9.17) is 32.5 Å². The Morgan fingerprint density at radius 2 is 1.70 bits per heavy atom. The van der Waals surface area contributed by atoms with E-state index >= 15 is 0 Å². The molecule has 7 nitrogen and oxygen atoms in total. The van der Waals surface area contributed by atoms with Crippen LogP contribution in [0.5, 0.6) is 11.5 Å². The van der Waals surface area contributed by atoms with Crippen LogP contribution in [0.1, 0.15) is 18.2 Å². The normalized spacial score (nSPS) is 16.5. The molecule has 0 saturated heterocycles. The first-order chi connectivity index (χ1) is 13.1. The molecule has 1 heterocycles. The molecule has 0 spiro atoms. The van der Waals surface area contributed by atoms with Gasteiger partial charge in [0.1, 0.15) is 11.5 Å². The van der Waals surface area contributed by atoms with Crippen molar-refractivity contribution in [2.24, 2.45) is 21.5 Å². The number of guanidine groups is 2. The molecule has 1 aliphatic rings. The van der Waals surface area contributed by atoms with Crippen molar-refractivity contribution >= 4 is 23.5 Å². The molecule has 0 fully saturated rings. The molecule has 4 N–H and O–H groups in total. The van der Waals surface area contributed by atoms with Crippen LogP contribution in [0.25, 0.3) is 0 Å². The third kappa shape index (κ3) is 4.83. The number of aliphatic imine (C=N–C) groups is 2. The van der Waals surface area contributed by atoms with E-state index < -0.39 is 0 Å². The molecule has 3 rings (SSSR count). The molecule has 1 unspecified atom stereocenters. The Morgan fingerprint density at radius 1 is 1.04 bits per heavy atom. The molecule has 1 aliphatic heterocycles. The Hall–Kier alpha value is -2.93. The number of rotatable bonds is 7. The molecule has 0 radical (unpaired) electrons. The van der Waals surface area contributed by atoms with Gasteiger partial charge in [0.05, 0.1) is 13.7 Å². The Labute approximate surface area is 163 Å². The summed E-state index contributed by atoms with van der Waals surface area (Å²) < 4.78 is 10.9. The van der Waals surface area contributed by atoms with E-state index in [1.165, 1.54) is 0 Å². The van der Waals surface area contributed by atoms with Gasteiger partial charge in [-0.05, 0) is 48.4 Å². The van der Waals surface area contributed by atoms with Crippen molar-refractivity contribution in [3.8, 4) is 11.5 Å². The second-order valence-corrected chi connectivity index (χ2v) is 6.39. The van der Waals surface area contributed by atoms with Crippen molar-refractivity contribution in [1.29, 1.82) is 0 Å². The molecule has 27 heavy (non-hydrogen) atoms. The third-order valence-corrected chi connectivity index (χ3v) is 4.36. The molecule has 0 aliphatic carbocycles. The van der Waals surface area contributed by atoms with Crippen LogP contribution in [0.4, 0.5) is 0 Å². The average Bonchev–Trinajstić information content (AvgIpc) is 2.67. The summed E-state index contributed by atoms with van der Waals surface area (Å²) in [4.78, 5) is 10.4. The molecule has 0 bridgehead atoms. The Bertz CT molecular complexity index is 821. The summed E-state index contributed by atoms with van der Waals surface area (Å²) in [6, 6.07) is 14.9. The van der Waals surface area contributed by atoms with Gasteiger partial charge in [0.15, 0.2) is 6.17 Å². The van der Waals surface area contributed by atoms with Gasteiger partial charge < -0.3 is 25.8 Å². The van der Waals surface area contributed by atoms with Crippen LogP contribution < -0.4 is 20.9 Å². The topological polar surface area (TPSA) is 98.5 Å². The number of benzene rings is 2. The van der Waals surface area contributed by atoms with Gasteiger partial charge in [0.25, 0.3) is 0 Å². The highest BCUT2D eigenvalue weighted by Crippen LogP contribution is 2.26. The van der Waals surface area contributed by atoms with Gasteiger partial charge in [-0.2, -0.15) is 4.99 Å². The van der Waals surface area contributed by atoms with Gasteiger partial charge in [-0.15, -0.1) is 0 Å². The molecule has 142 valence electrons. The molecule has 0 saturated carbocycles. The summed E-state index contributed by atoms with van der Waals surface area (Å²) in [5.74, 6) is 2.06. The number of hydrogen-bond donors (Lipinski definition) is 2. The van der Waals surface area contributed by atoms with Gasteiger partial charge in [-0.25, -0.2) is 4.99 Å². The summed E-state index contributed by atoms with van der Waals surface area (Å²) >= 11 is 5.88. The fourth-order valence-electron chi connectivity index (χ4n) is 2.75. The van der Waals surface area contributed by atoms with Crippen molar-refractivity contribution in [2.45, 2.75) is 12.6 Å². The van der Waals surface area contributed by atoms with E-state index in [9.17, 15) is 0 Å². The van der Waals surface area contributed by atoms with Crippen LogP contribution in [0, 0.1) is 0 Å². The van der Waals surface area contributed by atoms with E-state index in [-0.39, 0.29) is 12.1 Å². The van der Waals surface area contributed by atoms with Gasteiger partial charge in [-0.1, -0.05) is 23.7 Å². The number of nitrogens with zero attached hydrogens (tertiary/aromatic N) is 3. The highest BCUT2D eigenvalue weighted by atomic mass is 35.5. The van der Waals surface area contributed by atoms with Crippen LogP contribution in [0.15, 0.2) is 58.5 Å². The van der Waals surface area contributed by atoms with E-state index in [0.29, 0.717) is 24.1 Å². The minimum atomic E-state index is -0.330. The lowest BCUT2D eigenvalue weighted by atomic mass is 10.1. The first-order valence-corrected chi connectivity index (χ1v) is 8.91. The maximum absolute atomic E-state index is 6.10. The number of methoxy groups -OCH3 is 1. The predicted octanol–water partition coefficient (Wildman–Crippen LogP) is 2.76. The molecule has 2 aromatic carbocycles. The minimum Gasteiger partial charge on any atom is -0.497 e. The number of ether oxygens (including phenoxy) is 2. The van der Waals surface area contributed by atoms with E-state index in [0.717, 1.165) is 23.5 Å². The average molecular weight is 388 g/mol. The first-order valence-electron chi connectivity index (χ1n) is 8.53. The van der Waals surface area contributed by atoms with Crippen LogP contribution in [-0.2, 0) is 0 Å². The smallest absolute Gasteiger partial charge is 0.220 e. The lowest BCUT2D eigenvalue weighted by Crippen LogP contribution is -2.44. The van der Waals surface area contributed by atoms with Gasteiger partial charge in [-0.3, -0.25) is 0 Å². The van der Waals surface area contributed by atoms with Crippen LogP contribution in [-0.4, -0.2) is 37.1 Å². The molecular formula is C19H22ClN5O2. The van der Waals surface area contributed by atoms with Crippen molar-refractivity contribution in [2.75, 3.05) is 20.3 Å². The van der Waals surface area contributed by atoms with E-state index in [2.05, 4.69) is 9.98 Å². The second kappa shape index (κ2) is 8.64. The zero-order chi connectivity index (χ0) is 19.2. The monoisotopic (exact) mass is 387 g/mol. The Balaban J connectivity index is 1.63. The first kappa shape index (κ1) is 18.8. The summed E-state index contributed by atoms with van der Waals surface area (Å²) in [6.07, 6.45) is 0.407. The SMILES string of the molecule is COc1ccc(C2N=C(N)N=C(N)N2CCCOc2ccc(Cl)cc2)cc1. The van der Waals surface area contributed by atoms with Crippen LogP contribution in [0.2, 0.25) is 5.02 Å². The lowest BCUT2D eigenvalue weighted by molar-refractivity contribution is 0.258. The van der Waals surface area contributed by atoms with Crippen LogP contribution >= 0.6 is 11.6 Å². The summed E-state index contributed by atoms with van der Waals surface area (Å²) in [6.45, 7) is 1.15. The van der Waals surface area contributed by atoms with Gasteiger partial charge in [0.2, 0.25) is 11.9 Å². The van der Waals surface area contributed by atoms with Gasteiger partial charge in [0, 0.05) is 11.6 Å². The number of nitrogens with two attached hydrogens (primary N) is 2. The summed E-state index contributed by atoms with van der Waals surface area (Å²) in [5.41, 5.74) is 12.9. The Morgan fingerprint density at radius 3 is 2.37 bits per heavy atom. The van der Waals surface area contributed by atoms with E-state index in [1.54, 1.807) is 19.2 Å². The lowest BCUT2D eigenvalue weighted by Gasteiger charge is -2.32. The maximum atomic E-state index is 6.10. The molecule has 0 aromatic heterocycles. The highest BCUT2D eigenvalue weighted by Gasteiger charge is 2.25. The summed E-state index contributed by atoms with van der Waals surface area (Å²) in [7, 11) is 1.63. The molecular weight excluding hydrogens is 366 g/mol. The Kier molecular flexibility index (Phi) is 6.03. The quantitative estimate of drug-likeness (QED) is 0.712. The summed E-state index contributed by atoms with van der Waals surface area (Å²) in [5, 5.41) is 0.678. The molecule has 0 amide bonds. The molecule has 1 atom stereocenters. The highest BCUT2D eigenvalue weighted by molar-refractivity contribution is 6.30. The van der Waals surface area contributed by atoms with E-state index in [1.807, 2.05) is 41.3 Å².